The molecule has 1 aromatic carbocycles. The van der Waals surface area contributed by atoms with Gasteiger partial charge in [0.2, 0.25) is 15.9 Å². The summed E-state index contributed by atoms with van der Waals surface area (Å²) in [4.78, 5) is 13.6. The van der Waals surface area contributed by atoms with E-state index in [1.54, 1.807) is 0 Å². The first-order valence-corrected chi connectivity index (χ1v) is 12.4. The van der Waals surface area contributed by atoms with Gasteiger partial charge in [-0.25, -0.2) is 21.6 Å². The average molecular weight is 517 g/mol. The summed E-state index contributed by atoms with van der Waals surface area (Å²) >= 11 is 0.936. The molecule has 0 aliphatic carbocycles. The molecule has 0 N–H and O–H groups in total. The standard InChI is InChI=1S/C19H19F3N6O4S2/c1-26-10-12(16(25-26)17(21)22)18-23-24-19(32-18)33-11-15(29)27-6-8-28(9-7-27)34(30,31)14-5-3-2-4-13(14)20/h2-5,10,17H,6-9,11H2,1H3. The lowest BCUT2D eigenvalue weighted by molar-refractivity contribution is -0.129. The molecule has 0 unspecified atom stereocenters. The Bertz CT molecular complexity index is 1290. The fourth-order valence-electron chi connectivity index (χ4n) is 3.39. The van der Waals surface area contributed by atoms with Gasteiger partial charge < -0.3 is 9.32 Å². The van der Waals surface area contributed by atoms with Crippen LogP contribution in [-0.2, 0) is 21.9 Å². The number of hydrogen-bond donors (Lipinski definition) is 0. The summed E-state index contributed by atoms with van der Waals surface area (Å²) in [7, 11) is -2.52. The van der Waals surface area contributed by atoms with Gasteiger partial charge in [0.15, 0.2) is 0 Å². The summed E-state index contributed by atoms with van der Waals surface area (Å²) < 4.78 is 73.3. The van der Waals surface area contributed by atoms with Crippen LogP contribution in [0.3, 0.4) is 0 Å². The quantitative estimate of drug-likeness (QED) is 0.439. The lowest BCUT2D eigenvalue weighted by atomic mass is 10.2. The third-order valence-corrected chi connectivity index (χ3v) is 7.80. The summed E-state index contributed by atoms with van der Waals surface area (Å²) in [6, 6.07) is 5.13. The van der Waals surface area contributed by atoms with Gasteiger partial charge in [0, 0.05) is 39.4 Å². The topological polar surface area (TPSA) is 114 Å². The predicted octanol–water partition coefficient (Wildman–Crippen LogP) is 2.17. The van der Waals surface area contributed by atoms with E-state index in [9.17, 15) is 26.4 Å². The monoisotopic (exact) mass is 516 g/mol. The van der Waals surface area contributed by atoms with E-state index in [0.717, 1.165) is 22.1 Å². The van der Waals surface area contributed by atoms with Gasteiger partial charge in [-0.3, -0.25) is 9.48 Å². The molecular weight excluding hydrogens is 497 g/mol. The molecule has 3 heterocycles. The van der Waals surface area contributed by atoms with Gasteiger partial charge >= 0.3 is 0 Å². The molecular formula is C19H19F3N6O4S2. The number of halogens is 3. The molecule has 3 aromatic rings. The first-order chi connectivity index (χ1) is 16.2. The Morgan fingerprint density at radius 3 is 2.56 bits per heavy atom. The Labute approximate surface area is 196 Å². The molecule has 0 atom stereocenters. The second-order valence-corrected chi connectivity index (χ2v) is 10.1. The SMILES string of the molecule is Cn1cc(-c2nnc(SCC(=O)N3CCN(S(=O)(=O)c4ccccc4F)CC3)o2)c(C(F)F)n1. The highest BCUT2D eigenvalue weighted by Crippen LogP contribution is 2.30. The second-order valence-electron chi connectivity index (χ2n) is 7.28. The fraction of sp³-hybridized carbons (Fsp3) is 0.368. The number of thioether (sulfide) groups is 1. The number of nitrogens with zero attached hydrogens (tertiary/aromatic N) is 6. The molecule has 34 heavy (non-hydrogen) atoms. The molecule has 182 valence electrons. The van der Waals surface area contributed by atoms with Gasteiger partial charge in [0.1, 0.15) is 16.4 Å². The van der Waals surface area contributed by atoms with Crippen LogP contribution in [0, 0.1) is 5.82 Å². The van der Waals surface area contributed by atoms with Crippen LogP contribution in [-0.4, -0.2) is 75.4 Å². The number of carbonyl (C=O) groups excluding carboxylic acids is 1. The van der Waals surface area contributed by atoms with Gasteiger partial charge in [-0.1, -0.05) is 23.9 Å². The van der Waals surface area contributed by atoms with Crippen LogP contribution in [0.15, 0.2) is 45.0 Å². The molecule has 2 aromatic heterocycles. The molecule has 15 heteroatoms. The van der Waals surface area contributed by atoms with Crippen molar-refractivity contribution in [1.82, 2.24) is 29.2 Å². The van der Waals surface area contributed by atoms with Crippen molar-refractivity contribution in [1.29, 1.82) is 0 Å². The smallest absolute Gasteiger partial charge is 0.282 e. The normalized spacial score (nSPS) is 15.3. The third-order valence-electron chi connectivity index (χ3n) is 5.07. The van der Waals surface area contributed by atoms with Crippen molar-refractivity contribution in [2.24, 2.45) is 7.05 Å². The van der Waals surface area contributed by atoms with E-state index in [4.69, 9.17) is 4.42 Å². The summed E-state index contributed by atoms with van der Waals surface area (Å²) in [5.74, 6) is -1.33. The molecule has 0 bridgehead atoms. The van der Waals surface area contributed by atoms with Crippen molar-refractivity contribution in [2.45, 2.75) is 16.5 Å². The van der Waals surface area contributed by atoms with Gasteiger partial charge in [0.05, 0.1) is 11.3 Å². The number of aromatic nitrogens is 4. The number of rotatable bonds is 7. The van der Waals surface area contributed by atoms with Crippen LogP contribution in [0.1, 0.15) is 12.1 Å². The van der Waals surface area contributed by atoms with Crippen LogP contribution in [0.4, 0.5) is 13.2 Å². The van der Waals surface area contributed by atoms with Crippen LogP contribution in [0.2, 0.25) is 0 Å². The minimum absolute atomic E-state index is 0.00959. The van der Waals surface area contributed by atoms with Gasteiger partial charge in [-0.2, -0.15) is 9.40 Å². The molecule has 4 rings (SSSR count). The first kappa shape index (κ1) is 24.2. The number of sulfonamides is 1. The predicted molar refractivity (Wildman–Crippen MR) is 114 cm³/mol. The van der Waals surface area contributed by atoms with Crippen molar-refractivity contribution in [3.63, 3.8) is 0 Å². The number of piperazine rings is 1. The zero-order chi connectivity index (χ0) is 24.5. The van der Waals surface area contributed by atoms with E-state index >= 15 is 0 Å². The van der Waals surface area contributed by atoms with E-state index in [2.05, 4.69) is 15.3 Å². The van der Waals surface area contributed by atoms with Crippen LogP contribution >= 0.6 is 11.8 Å². The van der Waals surface area contributed by atoms with Gasteiger partial charge in [0.25, 0.3) is 17.5 Å². The van der Waals surface area contributed by atoms with Crippen LogP contribution < -0.4 is 0 Å². The molecule has 0 radical (unpaired) electrons. The maximum Gasteiger partial charge on any atom is 0.282 e. The average Bonchev–Trinajstić information content (AvgIpc) is 3.44. The Morgan fingerprint density at radius 2 is 1.88 bits per heavy atom. The van der Waals surface area contributed by atoms with E-state index in [-0.39, 0.29) is 54.5 Å². The molecule has 1 aliphatic heterocycles. The first-order valence-electron chi connectivity index (χ1n) is 9.97. The third kappa shape index (κ3) is 4.95. The van der Waals surface area contributed by atoms with Gasteiger partial charge in [-0.05, 0) is 12.1 Å². The molecule has 1 saturated heterocycles. The number of alkyl halides is 2. The number of aryl methyl sites for hydroxylation is 1. The fourth-order valence-corrected chi connectivity index (χ4v) is 5.55. The Hall–Kier alpha value is -2.91. The Morgan fingerprint density at radius 1 is 1.18 bits per heavy atom. The summed E-state index contributed by atoms with van der Waals surface area (Å²) in [5.41, 5.74) is -0.475. The molecule has 10 nitrogen and oxygen atoms in total. The zero-order valence-electron chi connectivity index (χ0n) is 17.8. The molecule has 1 fully saturated rings. The van der Waals surface area contributed by atoms with Gasteiger partial charge in [-0.15, -0.1) is 10.2 Å². The number of amides is 1. The molecule has 0 saturated carbocycles. The van der Waals surface area contributed by atoms with Crippen molar-refractivity contribution < 1.29 is 30.8 Å². The summed E-state index contributed by atoms with van der Waals surface area (Å²) in [6.45, 7) is 0.315. The van der Waals surface area contributed by atoms with Crippen LogP contribution in [0.5, 0.6) is 0 Å². The second kappa shape index (κ2) is 9.76. The van der Waals surface area contributed by atoms with Crippen molar-refractivity contribution in [3.05, 3.63) is 42.0 Å². The summed E-state index contributed by atoms with van der Waals surface area (Å²) in [5, 5.41) is 11.2. The maximum atomic E-state index is 13.9. The van der Waals surface area contributed by atoms with Crippen molar-refractivity contribution >= 4 is 27.7 Å². The van der Waals surface area contributed by atoms with E-state index < -0.39 is 32.9 Å². The highest BCUT2D eigenvalue weighted by molar-refractivity contribution is 7.99. The largest absolute Gasteiger partial charge is 0.411 e. The zero-order valence-corrected chi connectivity index (χ0v) is 19.4. The maximum absolute atomic E-state index is 13.9. The number of benzene rings is 1. The Balaban J connectivity index is 1.33. The lowest BCUT2D eigenvalue weighted by Gasteiger charge is -2.34. The van der Waals surface area contributed by atoms with E-state index in [1.807, 2.05) is 0 Å². The van der Waals surface area contributed by atoms with Crippen LogP contribution in [0.25, 0.3) is 11.5 Å². The highest BCUT2D eigenvalue weighted by atomic mass is 32.2. The minimum Gasteiger partial charge on any atom is -0.411 e. The number of carbonyl (C=O) groups is 1. The molecule has 0 spiro atoms. The molecule has 1 amide bonds. The molecule has 1 aliphatic rings. The van der Waals surface area contributed by atoms with Crippen molar-refractivity contribution in [3.8, 4) is 11.5 Å². The highest BCUT2D eigenvalue weighted by Gasteiger charge is 2.32. The lowest BCUT2D eigenvalue weighted by Crippen LogP contribution is -2.51. The van der Waals surface area contributed by atoms with E-state index in [0.29, 0.717) is 0 Å². The van der Waals surface area contributed by atoms with E-state index in [1.165, 1.54) is 41.0 Å². The Kier molecular flexibility index (Phi) is 6.95. The summed E-state index contributed by atoms with van der Waals surface area (Å²) in [6.07, 6.45) is -1.48. The van der Waals surface area contributed by atoms with Crippen molar-refractivity contribution in [2.75, 3.05) is 31.9 Å². The minimum atomic E-state index is -4.01. The number of hydrogen-bond acceptors (Lipinski definition) is 8.